The summed E-state index contributed by atoms with van der Waals surface area (Å²) in [7, 11) is -1.69. The van der Waals surface area contributed by atoms with Gasteiger partial charge < -0.3 is 9.64 Å². The van der Waals surface area contributed by atoms with E-state index in [1.165, 1.54) is 0 Å². The molecule has 0 bridgehead atoms. The van der Waals surface area contributed by atoms with Gasteiger partial charge in [-0.15, -0.1) is 0 Å². The van der Waals surface area contributed by atoms with Crippen LogP contribution in [0.15, 0.2) is 39.7 Å². The number of nitrogens with zero attached hydrogens (tertiary/aromatic N) is 1. The molecule has 0 amide bonds. The van der Waals surface area contributed by atoms with Crippen molar-refractivity contribution in [3.8, 4) is 5.75 Å². The molecule has 1 aliphatic rings. The van der Waals surface area contributed by atoms with Gasteiger partial charge in [-0.3, -0.25) is 4.72 Å². The highest BCUT2D eigenvalue weighted by atomic mass is 79.9. The first-order chi connectivity index (χ1) is 12.7. The minimum atomic E-state index is -3.73. The molecule has 2 aromatic rings. The van der Waals surface area contributed by atoms with Crippen molar-refractivity contribution in [2.45, 2.75) is 31.3 Å². The molecule has 0 radical (unpaired) electrons. The summed E-state index contributed by atoms with van der Waals surface area (Å²) < 4.78 is 35.3. The molecule has 8 heteroatoms. The van der Waals surface area contributed by atoms with Crippen molar-refractivity contribution in [1.82, 2.24) is 4.90 Å². The molecule has 0 unspecified atom stereocenters. The SMILES string of the molecule is Cc1cc(Br)cc(C)c1S(=O)(=O)Nc1ccc(Cl)c(O[C@H]2CCN(C)C2)c1. The monoisotopic (exact) mass is 472 g/mol. The average molecular weight is 474 g/mol. The third-order valence-electron chi connectivity index (χ3n) is 4.52. The third kappa shape index (κ3) is 4.77. The third-order valence-corrected chi connectivity index (χ3v) is 6.97. The molecule has 0 saturated carbocycles. The van der Waals surface area contributed by atoms with Crippen molar-refractivity contribution in [1.29, 1.82) is 0 Å². The zero-order valence-corrected chi connectivity index (χ0v) is 18.6. The Bertz CT molecular complexity index is 942. The van der Waals surface area contributed by atoms with E-state index in [1.54, 1.807) is 44.2 Å². The van der Waals surface area contributed by atoms with E-state index in [2.05, 4.69) is 25.6 Å². The smallest absolute Gasteiger partial charge is 0.262 e. The Morgan fingerprint density at radius 3 is 2.48 bits per heavy atom. The van der Waals surface area contributed by atoms with Gasteiger partial charge in [0.2, 0.25) is 0 Å². The fourth-order valence-electron chi connectivity index (χ4n) is 3.35. The first kappa shape index (κ1) is 20.5. The highest BCUT2D eigenvalue weighted by Crippen LogP contribution is 2.32. The second-order valence-electron chi connectivity index (χ2n) is 6.91. The Balaban J connectivity index is 1.86. The summed E-state index contributed by atoms with van der Waals surface area (Å²) in [5.74, 6) is 0.487. The first-order valence-electron chi connectivity index (χ1n) is 8.60. The molecule has 1 fully saturated rings. The van der Waals surface area contributed by atoms with Gasteiger partial charge in [-0.1, -0.05) is 27.5 Å². The standard InChI is InChI=1S/C19H22BrClN2O3S/c1-12-8-14(20)9-13(2)19(12)27(24,25)22-15-4-5-17(21)18(10-15)26-16-6-7-23(3)11-16/h4-5,8-10,16,22H,6-7,11H2,1-3H3/t16-/m0/s1. The van der Waals surface area contributed by atoms with Crippen LogP contribution in [0.4, 0.5) is 5.69 Å². The number of aryl methyl sites for hydroxylation is 2. The Kier molecular flexibility index (Phi) is 6.05. The number of halogens is 2. The van der Waals surface area contributed by atoms with E-state index >= 15 is 0 Å². The minimum Gasteiger partial charge on any atom is -0.487 e. The molecule has 1 heterocycles. The Morgan fingerprint density at radius 1 is 1.22 bits per heavy atom. The summed E-state index contributed by atoms with van der Waals surface area (Å²) in [5.41, 5.74) is 1.77. The lowest BCUT2D eigenvalue weighted by Crippen LogP contribution is -2.21. The van der Waals surface area contributed by atoms with Gasteiger partial charge in [0.05, 0.1) is 15.6 Å². The van der Waals surface area contributed by atoms with Crippen LogP contribution < -0.4 is 9.46 Å². The summed E-state index contributed by atoms with van der Waals surface area (Å²) >= 11 is 9.64. The number of likely N-dealkylation sites (tertiary alicyclic amines) is 1. The summed E-state index contributed by atoms with van der Waals surface area (Å²) in [6.07, 6.45) is 0.968. The highest BCUT2D eigenvalue weighted by molar-refractivity contribution is 9.10. The number of rotatable bonds is 5. The second kappa shape index (κ2) is 7.99. The molecule has 27 heavy (non-hydrogen) atoms. The van der Waals surface area contributed by atoms with Crippen molar-refractivity contribution in [2.75, 3.05) is 24.9 Å². The highest BCUT2D eigenvalue weighted by Gasteiger charge is 2.23. The number of hydrogen-bond acceptors (Lipinski definition) is 4. The fourth-order valence-corrected chi connectivity index (χ4v) is 5.71. The van der Waals surface area contributed by atoms with Crippen molar-refractivity contribution < 1.29 is 13.2 Å². The van der Waals surface area contributed by atoms with Gasteiger partial charge in [-0.25, -0.2) is 8.42 Å². The van der Waals surface area contributed by atoms with Gasteiger partial charge in [0.25, 0.3) is 10.0 Å². The largest absolute Gasteiger partial charge is 0.487 e. The lowest BCUT2D eigenvalue weighted by atomic mass is 10.2. The van der Waals surface area contributed by atoms with Crippen LogP contribution in [-0.4, -0.2) is 39.6 Å². The van der Waals surface area contributed by atoms with E-state index < -0.39 is 10.0 Å². The number of nitrogens with one attached hydrogen (secondary N) is 1. The quantitative estimate of drug-likeness (QED) is 0.689. The van der Waals surface area contributed by atoms with Gasteiger partial charge >= 0.3 is 0 Å². The molecule has 0 aliphatic carbocycles. The lowest BCUT2D eigenvalue weighted by Gasteiger charge is -2.17. The maximum atomic E-state index is 12.9. The van der Waals surface area contributed by atoms with E-state index in [4.69, 9.17) is 16.3 Å². The summed E-state index contributed by atoms with van der Waals surface area (Å²) in [4.78, 5) is 2.46. The van der Waals surface area contributed by atoms with E-state index in [0.717, 1.165) is 24.0 Å². The maximum Gasteiger partial charge on any atom is 0.262 e. The van der Waals surface area contributed by atoms with Gasteiger partial charge in [0.1, 0.15) is 11.9 Å². The molecule has 3 rings (SSSR count). The Morgan fingerprint density at radius 2 is 1.89 bits per heavy atom. The van der Waals surface area contributed by atoms with Crippen molar-refractivity contribution in [3.05, 3.63) is 51.0 Å². The van der Waals surface area contributed by atoms with Crippen molar-refractivity contribution in [3.63, 3.8) is 0 Å². The molecule has 1 saturated heterocycles. The summed E-state index contributed by atoms with van der Waals surface area (Å²) in [5, 5.41) is 0.462. The van der Waals surface area contributed by atoms with E-state index in [1.807, 2.05) is 7.05 Å². The van der Waals surface area contributed by atoms with Gasteiger partial charge in [0.15, 0.2) is 0 Å². The number of ether oxygens (including phenoxy) is 1. The Labute approximate surface area is 173 Å². The normalized spacial score (nSPS) is 17.9. The van der Waals surface area contributed by atoms with Crippen LogP contribution in [0, 0.1) is 13.8 Å². The molecule has 1 N–H and O–H groups in total. The predicted octanol–water partition coefficient (Wildman–Crippen LogP) is 4.60. The van der Waals surface area contributed by atoms with Crippen LogP contribution in [-0.2, 0) is 10.0 Å². The molecule has 2 aromatic carbocycles. The van der Waals surface area contributed by atoms with Crippen LogP contribution >= 0.6 is 27.5 Å². The fraction of sp³-hybridized carbons (Fsp3) is 0.368. The molecule has 5 nitrogen and oxygen atoms in total. The summed E-state index contributed by atoms with van der Waals surface area (Å²) in [6, 6.07) is 8.50. The van der Waals surface area contributed by atoms with Crippen LogP contribution in [0.3, 0.4) is 0 Å². The second-order valence-corrected chi connectivity index (χ2v) is 9.85. The molecular weight excluding hydrogens is 452 g/mol. The molecule has 146 valence electrons. The number of likely N-dealkylation sites (N-methyl/N-ethyl adjacent to an activating group) is 1. The predicted molar refractivity (Wildman–Crippen MR) is 112 cm³/mol. The maximum absolute atomic E-state index is 12.9. The Hall–Kier alpha value is -1.28. The zero-order valence-electron chi connectivity index (χ0n) is 15.4. The number of benzene rings is 2. The van der Waals surface area contributed by atoms with Crippen LogP contribution in [0.25, 0.3) is 0 Å². The van der Waals surface area contributed by atoms with Gasteiger partial charge in [-0.2, -0.15) is 0 Å². The lowest BCUT2D eigenvalue weighted by molar-refractivity contribution is 0.208. The van der Waals surface area contributed by atoms with Gasteiger partial charge in [0, 0.05) is 23.6 Å². The molecular formula is C19H22BrClN2O3S. The average Bonchev–Trinajstić information content (AvgIpc) is 2.94. The molecule has 0 aromatic heterocycles. The molecule has 1 aliphatic heterocycles. The first-order valence-corrected chi connectivity index (χ1v) is 11.3. The zero-order chi connectivity index (χ0) is 19.8. The molecule has 0 spiro atoms. The number of hydrogen-bond donors (Lipinski definition) is 1. The number of sulfonamides is 1. The van der Waals surface area contributed by atoms with Crippen molar-refractivity contribution in [2.24, 2.45) is 0 Å². The van der Waals surface area contributed by atoms with E-state index in [-0.39, 0.29) is 11.0 Å². The number of anilines is 1. The van der Waals surface area contributed by atoms with Crippen LogP contribution in [0.5, 0.6) is 5.75 Å². The van der Waals surface area contributed by atoms with Crippen LogP contribution in [0.2, 0.25) is 5.02 Å². The van der Waals surface area contributed by atoms with Crippen LogP contribution in [0.1, 0.15) is 17.5 Å². The van der Waals surface area contributed by atoms with E-state index in [0.29, 0.717) is 27.6 Å². The molecule has 1 atom stereocenters. The van der Waals surface area contributed by atoms with E-state index in [9.17, 15) is 8.42 Å². The van der Waals surface area contributed by atoms with Gasteiger partial charge in [-0.05, 0) is 62.7 Å². The topological polar surface area (TPSA) is 58.6 Å². The minimum absolute atomic E-state index is 0.0512. The summed E-state index contributed by atoms with van der Waals surface area (Å²) in [6.45, 7) is 5.35. The van der Waals surface area contributed by atoms with Crippen molar-refractivity contribution >= 4 is 43.2 Å².